The van der Waals surface area contributed by atoms with Crippen molar-refractivity contribution in [1.29, 1.82) is 0 Å². The molecule has 0 spiro atoms. The molecule has 17 heavy (non-hydrogen) atoms. The Labute approximate surface area is 103 Å². The normalized spacial score (nSPS) is 10.9. The Morgan fingerprint density at radius 3 is 1.94 bits per heavy atom. The van der Waals surface area contributed by atoms with Crippen molar-refractivity contribution in [3.8, 4) is 0 Å². The van der Waals surface area contributed by atoms with E-state index in [1.165, 1.54) is 16.7 Å². The zero-order valence-corrected chi connectivity index (χ0v) is 9.84. The fraction of sp³-hybridized carbons (Fsp3) is 0.125. The summed E-state index contributed by atoms with van der Waals surface area (Å²) in [6.45, 7) is 0.708. The Morgan fingerprint density at radius 1 is 0.765 bits per heavy atom. The second-order valence-corrected chi connectivity index (χ2v) is 4.02. The molecular formula is C16H17N. The van der Waals surface area contributed by atoms with Crippen LogP contribution < -0.4 is 5.73 Å². The van der Waals surface area contributed by atoms with Crippen LogP contribution in [0, 0.1) is 0 Å². The minimum Gasteiger partial charge on any atom is -0.330 e. The molecule has 2 N–H and O–H groups in total. The monoisotopic (exact) mass is 223 g/mol. The van der Waals surface area contributed by atoms with E-state index in [1.807, 2.05) is 18.2 Å². The van der Waals surface area contributed by atoms with Gasteiger partial charge in [-0.1, -0.05) is 66.7 Å². The standard InChI is InChI=1S/C16H17N/c17-13-12-16-10-8-15(9-11-16)7-6-14-4-2-1-3-5-14/h1-11H,12-13,17H2. The van der Waals surface area contributed by atoms with E-state index in [2.05, 4.69) is 48.6 Å². The summed E-state index contributed by atoms with van der Waals surface area (Å²) >= 11 is 0. The predicted molar refractivity (Wildman–Crippen MR) is 74.6 cm³/mol. The minimum atomic E-state index is 0.708. The van der Waals surface area contributed by atoms with E-state index in [1.54, 1.807) is 0 Å². The van der Waals surface area contributed by atoms with Crippen LogP contribution in [0.25, 0.3) is 12.2 Å². The first-order chi connectivity index (χ1) is 8.38. The maximum atomic E-state index is 5.52. The molecule has 0 aliphatic carbocycles. The number of benzene rings is 2. The molecule has 2 aromatic carbocycles. The molecule has 2 rings (SSSR count). The van der Waals surface area contributed by atoms with Gasteiger partial charge in [0.2, 0.25) is 0 Å². The van der Waals surface area contributed by atoms with Crippen molar-refractivity contribution in [3.05, 3.63) is 71.3 Å². The molecule has 0 radical (unpaired) electrons. The third kappa shape index (κ3) is 3.58. The molecule has 86 valence electrons. The Morgan fingerprint density at radius 2 is 1.35 bits per heavy atom. The van der Waals surface area contributed by atoms with Crippen molar-refractivity contribution in [2.75, 3.05) is 6.54 Å². The Balaban J connectivity index is 2.06. The Hall–Kier alpha value is -1.86. The molecule has 0 bridgehead atoms. The highest BCUT2D eigenvalue weighted by Crippen LogP contribution is 2.09. The number of hydrogen-bond acceptors (Lipinski definition) is 1. The molecule has 0 saturated carbocycles. The lowest BCUT2D eigenvalue weighted by Crippen LogP contribution is -2.02. The topological polar surface area (TPSA) is 26.0 Å². The average Bonchev–Trinajstić information content (AvgIpc) is 2.40. The first kappa shape index (κ1) is 11.6. The van der Waals surface area contributed by atoms with Crippen molar-refractivity contribution < 1.29 is 0 Å². The van der Waals surface area contributed by atoms with Gasteiger partial charge in [0.25, 0.3) is 0 Å². The van der Waals surface area contributed by atoms with Crippen molar-refractivity contribution in [2.24, 2.45) is 5.73 Å². The molecule has 0 aliphatic rings. The summed E-state index contributed by atoms with van der Waals surface area (Å²) in [5.74, 6) is 0. The molecule has 2 aromatic rings. The van der Waals surface area contributed by atoms with Gasteiger partial charge >= 0.3 is 0 Å². The van der Waals surface area contributed by atoms with Crippen LogP contribution >= 0.6 is 0 Å². The van der Waals surface area contributed by atoms with Crippen LogP contribution in [0.15, 0.2) is 54.6 Å². The van der Waals surface area contributed by atoms with E-state index in [9.17, 15) is 0 Å². The number of rotatable bonds is 4. The van der Waals surface area contributed by atoms with Gasteiger partial charge < -0.3 is 5.73 Å². The van der Waals surface area contributed by atoms with Crippen LogP contribution in [0.3, 0.4) is 0 Å². The van der Waals surface area contributed by atoms with Crippen molar-refractivity contribution >= 4 is 12.2 Å². The largest absolute Gasteiger partial charge is 0.330 e. The highest BCUT2D eigenvalue weighted by molar-refractivity contribution is 5.69. The molecular weight excluding hydrogens is 206 g/mol. The van der Waals surface area contributed by atoms with E-state index in [-0.39, 0.29) is 0 Å². The van der Waals surface area contributed by atoms with E-state index in [4.69, 9.17) is 5.73 Å². The average molecular weight is 223 g/mol. The maximum Gasteiger partial charge on any atom is -0.00367 e. The summed E-state index contributed by atoms with van der Waals surface area (Å²) in [6.07, 6.45) is 5.20. The first-order valence-electron chi connectivity index (χ1n) is 5.90. The molecule has 0 atom stereocenters. The SMILES string of the molecule is NCCc1ccc(C=Cc2ccccc2)cc1. The zero-order chi connectivity index (χ0) is 11.9. The summed E-state index contributed by atoms with van der Waals surface area (Å²) < 4.78 is 0. The van der Waals surface area contributed by atoms with Crippen molar-refractivity contribution in [3.63, 3.8) is 0 Å². The second kappa shape index (κ2) is 6.02. The number of nitrogens with two attached hydrogens (primary N) is 1. The summed E-state index contributed by atoms with van der Waals surface area (Å²) in [4.78, 5) is 0. The lowest BCUT2D eigenvalue weighted by atomic mass is 10.1. The van der Waals surface area contributed by atoms with Gasteiger partial charge in [-0.05, 0) is 29.7 Å². The fourth-order valence-electron chi connectivity index (χ4n) is 1.72. The van der Waals surface area contributed by atoms with Crippen LogP contribution in [-0.4, -0.2) is 6.54 Å². The quantitative estimate of drug-likeness (QED) is 0.790. The maximum absolute atomic E-state index is 5.52. The van der Waals surface area contributed by atoms with Gasteiger partial charge in [-0.15, -0.1) is 0 Å². The minimum absolute atomic E-state index is 0.708. The third-order valence-electron chi connectivity index (χ3n) is 2.68. The van der Waals surface area contributed by atoms with Gasteiger partial charge in [0.05, 0.1) is 0 Å². The van der Waals surface area contributed by atoms with E-state index in [0.29, 0.717) is 6.54 Å². The van der Waals surface area contributed by atoms with Crippen LogP contribution in [-0.2, 0) is 6.42 Å². The highest BCUT2D eigenvalue weighted by Gasteiger charge is 1.91. The van der Waals surface area contributed by atoms with Gasteiger partial charge in [0.15, 0.2) is 0 Å². The van der Waals surface area contributed by atoms with Crippen LogP contribution in [0.5, 0.6) is 0 Å². The second-order valence-electron chi connectivity index (χ2n) is 4.02. The molecule has 0 aliphatic heterocycles. The Kier molecular flexibility index (Phi) is 4.11. The van der Waals surface area contributed by atoms with Gasteiger partial charge in [-0.3, -0.25) is 0 Å². The highest BCUT2D eigenvalue weighted by atomic mass is 14.5. The number of hydrogen-bond donors (Lipinski definition) is 1. The van der Waals surface area contributed by atoms with E-state index >= 15 is 0 Å². The predicted octanol–water partition coefficient (Wildman–Crippen LogP) is 3.36. The lowest BCUT2D eigenvalue weighted by molar-refractivity contribution is 0.969. The van der Waals surface area contributed by atoms with Gasteiger partial charge in [0, 0.05) is 0 Å². The molecule has 1 heteroatoms. The summed E-state index contributed by atoms with van der Waals surface area (Å²) in [5.41, 5.74) is 9.25. The summed E-state index contributed by atoms with van der Waals surface area (Å²) in [6, 6.07) is 18.8. The molecule has 0 fully saturated rings. The smallest absolute Gasteiger partial charge is 0.00367 e. The molecule has 0 aromatic heterocycles. The van der Waals surface area contributed by atoms with Crippen molar-refractivity contribution in [1.82, 2.24) is 0 Å². The molecule has 1 nitrogen and oxygen atoms in total. The van der Waals surface area contributed by atoms with Crippen LogP contribution in [0.1, 0.15) is 16.7 Å². The summed E-state index contributed by atoms with van der Waals surface area (Å²) in [5, 5.41) is 0. The van der Waals surface area contributed by atoms with Gasteiger partial charge in [-0.25, -0.2) is 0 Å². The Bertz CT molecular complexity index is 469. The third-order valence-corrected chi connectivity index (χ3v) is 2.68. The van der Waals surface area contributed by atoms with E-state index < -0.39 is 0 Å². The first-order valence-corrected chi connectivity index (χ1v) is 5.90. The van der Waals surface area contributed by atoms with Crippen molar-refractivity contribution in [2.45, 2.75) is 6.42 Å². The van der Waals surface area contributed by atoms with Crippen LogP contribution in [0.4, 0.5) is 0 Å². The lowest BCUT2D eigenvalue weighted by Gasteiger charge is -1.99. The van der Waals surface area contributed by atoms with E-state index in [0.717, 1.165) is 6.42 Å². The fourth-order valence-corrected chi connectivity index (χ4v) is 1.72. The van der Waals surface area contributed by atoms with Gasteiger partial charge in [-0.2, -0.15) is 0 Å². The zero-order valence-electron chi connectivity index (χ0n) is 9.84. The van der Waals surface area contributed by atoms with Crippen LogP contribution in [0.2, 0.25) is 0 Å². The van der Waals surface area contributed by atoms with Gasteiger partial charge in [0.1, 0.15) is 0 Å². The molecule has 0 heterocycles. The molecule has 0 amide bonds. The molecule has 0 saturated heterocycles. The molecule has 0 unspecified atom stereocenters. The summed E-state index contributed by atoms with van der Waals surface area (Å²) in [7, 11) is 0.